The Morgan fingerprint density at radius 2 is 1.17 bits per heavy atom. The molecule has 0 saturated heterocycles. The van der Waals surface area contributed by atoms with E-state index in [2.05, 4.69) is 47.8 Å². The van der Waals surface area contributed by atoms with Crippen LogP contribution in [0.1, 0.15) is 40.5 Å². The summed E-state index contributed by atoms with van der Waals surface area (Å²) < 4.78 is -2.43. The van der Waals surface area contributed by atoms with Crippen LogP contribution in [0.2, 0.25) is 0 Å². The van der Waals surface area contributed by atoms with E-state index in [-0.39, 0.29) is 0 Å². The fourth-order valence-electron chi connectivity index (χ4n) is 1.80. The molecule has 7 heteroatoms. The Morgan fingerprint density at radius 1 is 0.889 bits per heavy atom. The van der Waals surface area contributed by atoms with Crippen molar-refractivity contribution in [1.82, 2.24) is 0 Å². The minimum absolute atomic E-state index is 0.499. The monoisotopic (exact) mass is 525 g/mol. The molecule has 1 radical (unpaired) electrons. The van der Waals surface area contributed by atoms with Crippen molar-refractivity contribution in [3.63, 3.8) is 0 Å². The molecule has 0 heterocycles. The van der Waals surface area contributed by atoms with E-state index in [9.17, 15) is 0 Å². The molecule has 0 rings (SSSR count). The third-order valence-electron chi connectivity index (χ3n) is 3.23. The first-order valence-corrected chi connectivity index (χ1v) is 9.34. The van der Waals surface area contributed by atoms with E-state index in [1.54, 1.807) is 0 Å². The third kappa shape index (κ3) is 3.33. The van der Waals surface area contributed by atoms with Crippen molar-refractivity contribution in [2.45, 2.75) is 53.5 Å². The van der Waals surface area contributed by atoms with E-state index in [1.165, 1.54) is 0 Å². The second kappa shape index (κ2) is 6.79. The lowest BCUT2D eigenvalue weighted by atomic mass is 9.74. The first-order valence-electron chi connectivity index (χ1n) is 5.44. The summed E-state index contributed by atoms with van der Waals surface area (Å²) in [5.41, 5.74) is -0.536. The van der Waals surface area contributed by atoms with Gasteiger partial charge in [-0.05, 0) is 12.8 Å². The minimum Gasteiger partial charge on any atom is -0.1000 e. The van der Waals surface area contributed by atoms with E-state index < -0.39 is 18.4 Å². The van der Waals surface area contributed by atoms with Gasteiger partial charge in [0, 0.05) is 5.41 Å². The fraction of sp³-hybridized carbons (Fsp3) is 0.909. The van der Waals surface area contributed by atoms with E-state index in [0.717, 1.165) is 3.74 Å². The maximum atomic E-state index is 6.51. The molecule has 0 bridgehead atoms. The SMILES string of the molecule is CCC(Cl)(Cl)C(Br)(C(Cl)(Cl)CC)C(C)(C)[C](Br)Br. The van der Waals surface area contributed by atoms with Crippen molar-refractivity contribution in [2.24, 2.45) is 5.41 Å². The lowest BCUT2D eigenvalue weighted by Crippen LogP contribution is -2.62. The Balaban J connectivity index is 6.05. The summed E-state index contributed by atoms with van der Waals surface area (Å²) in [6, 6.07) is 0. The molecule has 0 atom stereocenters. The Labute approximate surface area is 155 Å². The van der Waals surface area contributed by atoms with Crippen molar-refractivity contribution in [2.75, 3.05) is 0 Å². The summed E-state index contributed by atoms with van der Waals surface area (Å²) in [6.45, 7) is 7.72. The zero-order chi connectivity index (χ0) is 15.0. The Bertz CT molecular complexity index is 274. The molecule has 0 amide bonds. The van der Waals surface area contributed by atoms with Gasteiger partial charge in [-0.25, -0.2) is 0 Å². The van der Waals surface area contributed by atoms with Gasteiger partial charge in [-0.15, -0.1) is 0 Å². The number of halogens is 7. The number of rotatable bonds is 6. The number of hydrogen-bond donors (Lipinski definition) is 0. The van der Waals surface area contributed by atoms with Crippen LogP contribution in [0.25, 0.3) is 0 Å². The third-order valence-corrected chi connectivity index (χ3v) is 10.7. The van der Waals surface area contributed by atoms with Gasteiger partial charge >= 0.3 is 0 Å². The maximum Gasteiger partial charge on any atom is 0.136 e. The van der Waals surface area contributed by atoms with Gasteiger partial charge in [0.25, 0.3) is 0 Å². The Hall–Kier alpha value is 2.60. The molecular weight excluding hydrogens is 514 g/mol. The average molecular weight is 530 g/mol. The predicted octanol–water partition coefficient (Wildman–Crippen LogP) is 7.59. The van der Waals surface area contributed by atoms with Crippen LogP contribution in [0.15, 0.2) is 0 Å². The number of alkyl halides is 5. The topological polar surface area (TPSA) is 0 Å². The highest BCUT2D eigenvalue weighted by Gasteiger charge is 2.67. The standard InChI is InChI=1S/C11H16Br3Cl4/c1-5-9(15,16)11(14,10(17,18)6-2)8(3,4)7(12)13/h5-6H2,1-4H3. The van der Waals surface area contributed by atoms with Crippen molar-refractivity contribution in [3.8, 4) is 0 Å². The van der Waals surface area contributed by atoms with Crippen LogP contribution in [0.4, 0.5) is 0 Å². The second-order valence-electron chi connectivity index (χ2n) is 4.66. The smallest absolute Gasteiger partial charge is 0.1000 e. The number of hydrogen-bond acceptors (Lipinski definition) is 0. The van der Waals surface area contributed by atoms with Crippen LogP contribution in [-0.2, 0) is 0 Å². The summed E-state index contributed by atoms with van der Waals surface area (Å²) >= 11 is 36.6. The first-order chi connectivity index (χ1) is 7.81. The average Bonchev–Trinajstić information content (AvgIpc) is 2.26. The van der Waals surface area contributed by atoms with Gasteiger partial charge < -0.3 is 0 Å². The van der Waals surface area contributed by atoms with Crippen LogP contribution in [-0.4, -0.2) is 13.0 Å². The maximum absolute atomic E-state index is 6.51. The predicted molar refractivity (Wildman–Crippen MR) is 96.0 cm³/mol. The summed E-state index contributed by atoms with van der Waals surface area (Å²) in [5.74, 6) is 0. The molecule has 0 aliphatic rings. The first kappa shape index (κ1) is 20.6. The summed E-state index contributed by atoms with van der Waals surface area (Å²) in [6.07, 6.45) is 0.999. The van der Waals surface area contributed by atoms with Gasteiger partial charge in [-0.2, -0.15) is 0 Å². The zero-order valence-electron chi connectivity index (χ0n) is 10.6. The second-order valence-corrected chi connectivity index (χ2v) is 11.5. The fourth-order valence-corrected chi connectivity index (χ4v) is 5.47. The van der Waals surface area contributed by atoms with Crippen molar-refractivity contribution < 1.29 is 0 Å². The highest BCUT2D eigenvalue weighted by Crippen LogP contribution is 2.67. The molecule has 0 aliphatic heterocycles. The molecule has 0 unspecified atom stereocenters. The molecule has 0 saturated carbocycles. The molecule has 0 aromatic rings. The van der Waals surface area contributed by atoms with Crippen molar-refractivity contribution in [3.05, 3.63) is 3.74 Å². The van der Waals surface area contributed by atoms with Crippen LogP contribution in [0.3, 0.4) is 0 Å². The Morgan fingerprint density at radius 3 is 1.33 bits per heavy atom. The van der Waals surface area contributed by atoms with E-state index in [4.69, 9.17) is 46.4 Å². The zero-order valence-corrected chi connectivity index (χ0v) is 18.3. The quantitative estimate of drug-likeness (QED) is 0.311. The molecule has 0 spiro atoms. The summed E-state index contributed by atoms with van der Waals surface area (Å²) in [5, 5.41) is 0. The van der Waals surface area contributed by atoms with E-state index in [0.29, 0.717) is 12.8 Å². The molecule has 0 nitrogen and oxygen atoms in total. The van der Waals surface area contributed by atoms with E-state index >= 15 is 0 Å². The lowest BCUT2D eigenvalue weighted by Gasteiger charge is -2.55. The van der Waals surface area contributed by atoms with Crippen molar-refractivity contribution in [1.29, 1.82) is 0 Å². The highest BCUT2D eigenvalue weighted by molar-refractivity contribution is 9.27. The van der Waals surface area contributed by atoms with Gasteiger partial charge in [0.1, 0.15) is 12.4 Å². The van der Waals surface area contributed by atoms with Crippen LogP contribution in [0, 0.1) is 9.15 Å². The molecule has 0 N–H and O–H groups in total. The molecule has 0 fully saturated rings. The van der Waals surface area contributed by atoms with Crippen molar-refractivity contribution >= 4 is 94.2 Å². The van der Waals surface area contributed by atoms with Gasteiger partial charge in [0.05, 0.1) is 4.32 Å². The van der Waals surface area contributed by atoms with Gasteiger partial charge in [0.15, 0.2) is 0 Å². The summed E-state index contributed by atoms with van der Waals surface area (Å²) in [4.78, 5) is 0. The lowest BCUT2D eigenvalue weighted by molar-refractivity contribution is 0.257. The molecule has 0 aromatic heterocycles. The summed E-state index contributed by atoms with van der Waals surface area (Å²) in [7, 11) is 0. The van der Waals surface area contributed by atoms with E-state index in [1.807, 2.05) is 27.7 Å². The van der Waals surface area contributed by atoms with Gasteiger partial charge in [0.2, 0.25) is 0 Å². The molecule has 0 aliphatic carbocycles. The van der Waals surface area contributed by atoms with Gasteiger partial charge in [-0.3, -0.25) is 0 Å². The highest BCUT2D eigenvalue weighted by atomic mass is 79.9. The largest absolute Gasteiger partial charge is 0.136 e. The minimum atomic E-state index is -1.14. The normalized spacial score (nSPS) is 15.3. The Kier molecular flexibility index (Phi) is 7.77. The van der Waals surface area contributed by atoms with Crippen LogP contribution < -0.4 is 0 Å². The molecule has 0 aromatic carbocycles. The van der Waals surface area contributed by atoms with Gasteiger partial charge in [-0.1, -0.05) is 122 Å². The molecule has 109 valence electrons. The van der Waals surface area contributed by atoms with Crippen LogP contribution in [0.5, 0.6) is 0 Å². The molecule has 18 heavy (non-hydrogen) atoms. The van der Waals surface area contributed by atoms with Crippen LogP contribution >= 0.6 is 94.2 Å². The molecular formula is C11H16Br3Cl4.